The Morgan fingerprint density at radius 2 is 1.82 bits per heavy atom. The molecule has 116 valence electrons. The highest BCUT2D eigenvalue weighted by Crippen LogP contribution is 2.31. The Morgan fingerprint density at radius 3 is 2.36 bits per heavy atom. The van der Waals surface area contributed by atoms with Crippen molar-refractivity contribution in [3.8, 4) is 0 Å². The summed E-state index contributed by atoms with van der Waals surface area (Å²) in [4.78, 5) is 16.0. The molecule has 0 radical (unpaired) electrons. The fourth-order valence-corrected chi connectivity index (χ4v) is 2.08. The van der Waals surface area contributed by atoms with Crippen LogP contribution in [-0.2, 0) is 0 Å². The van der Waals surface area contributed by atoms with E-state index < -0.39 is 15.9 Å². The summed E-state index contributed by atoms with van der Waals surface area (Å²) in [5.74, 6) is -0.411. The van der Waals surface area contributed by atoms with Crippen LogP contribution in [-0.4, -0.2) is 20.8 Å². The minimum atomic E-state index is -1.75. The van der Waals surface area contributed by atoms with Crippen molar-refractivity contribution in [3.05, 3.63) is 59.4 Å². The number of alkyl halides is 3. The lowest BCUT2D eigenvalue weighted by molar-refractivity contribution is 0.0941. The van der Waals surface area contributed by atoms with Gasteiger partial charge in [0, 0.05) is 23.1 Å². The number of halogens is 4. The lowest BCUT2D eigenvalue weighted by Crippen LogP contribution is -2.49. The Hall–Kier alpha value is -1.20. The predicted molar refractivity (Wildman–Crippen MR) is 90.9 cm³/mol. The van der Waals surface area contributed by atoms with Crippen LogP contribution in [0, 0.1) is 0 Å². The molecule has 1 atom stereocenters. The van der Waals surface area contributed by atoms with E-state index in [0.717, 1.165) is 0 Å². The zero-order chi connectivity index (χ0) is 16.2. The molecule has 2 aromatic rings. The molecule has 0 fully saturated rings. The van der Waals surface area contributed by atoms with Crippen LogP contribution in [0.5, 0.6) is 0 Å². The van der Waals surface area contributed by atoms with Crippen LogP contribution in [0.4, 0.5) is 5.69 Å². The number of rotatable bonds is 4. The maximum Gasteiger partial charge on any atom is 0.254 e. The number of amides is 1. The van der Waals surface area contributed by atoms with Crippen LogP contribution in [0.15, 0.2) is 48.8 Å². The average molecular weight is 379 g/mol. The lowest BCUT2D eigenvalue weighted by atomic mass is 10.2. The number of carbonyl (C=O) groups is 1. The highest BCUT2D eigenvalue weighted by atomic mass is 35.6. The fourth-order valence-electron chi connectivity index (χ4n) is 1.62. The number of aromatic nitrogens is 1. The number of anilines is 1. The third-order valence-electron chi connectivity index (χ3n) is 2.68. The molecule has 2 N–H and O–H groups in total. The Balaban J connectivity index is 2.13. The van der Waals surface area contributed by atoms with Crippen molar-refractivity contribution < 1.29 is 4.79 Å². The normalized spacial score (nSPS) is 12.5. The molecule has 0 aliphatic rings. The number of benzene rings is 1. The number of nitrogens with zero attached hydrogens (tertiary/aromatic N) is 1. The Morgan fingerprint density at radius 1 is 1.14 bits per heavy atom. The highest BCUT2D eigenvalue weighted by molar-refractivity contribution is 6.68. The lowest BCUT2D eigenvalue weighted by Gasteiger charge is -2.27. The van der Waals surface area contributed by atoms with Gasteiger partial charge in [-0.2, -0.15) is 0 Å². The first-order chi connectivity index (χ1) is 10.4. The number of pyridine rings is 1. The zero-order valence-corrected chi connectivity index (χ0v) is 14.1. The summed E-state index contributed by atoms with van der Waals surface area (Å²) < 4.78 is -1.75. The van der Waals surface area contributed by atoms with Gasteiger partial charge in [-0.3, -0.25) is 9.78 Å². The predicted octanol–water partition coefficient (Wildman–Crippen LogP) is 4.27. The number of carbonyl (C=O) groups excluding carboxylic acids is 1. The van der Waals surface area contributed by atoms with E-state index in [1.54, 1.807) is 42.6 Å². The maximum absolute atomic E-state index is 12.2. The summed E-state index contributed by atoms with van der Waals surface area (Å²) in [7, 11) is 0. The number of nitrogens with one attached hydrogen (secondary N) is 2. The van der Waals surface area contributed by atoms with Crippen LogP contribution < -0.4 is 10.6 Å². The molecule has 0 unspecified atom stereocenters. The average Bonchev–Trinajstić information content (AvgIpc) is 2.48. The molecular formula is C14H11Cl4N3O. The fraction of sp³-hybridized carbons (Fsp3) is 0.143. The van der Waals surface area contributed by atoms with Crippen molar-refractivity contribution in [2.45, 2.75) is 9.96 Å². The molecule has 0 saturated heterocycles. The van der Waals surface area contributed by atoms with Crippen LogP contribution >= 0.6 is 46.4 Å². The summed E-state index contributed by atoms with van der Waals surface area (Å²) in [6, 6.07) is 10.0. The SMILES string of the molecule is O=C(N[C@@H](Nc1ccc(Cl)cc1)C(Cl)(Cl)Cl)c1cccnc1. The second kappa shape index (κ2) is 7.38. The van der Waals surface area contributed by atoms with E-state index in [0.29, 0.717) is 16.3 Å². The first kappa shape index (κ1) is 17.2. The smallest absolute Gasteiger partial charge is 0.254 e. The summed E-state index contributed by atoms with van der Waals surface area (Å²) in [6.07, 6.45) is 2.05. The monoisotopic (exact) mass is 377 g/mol. The Kier molecular flexibility index (Phi) is 5.75. The zero-order valence-electron chi connectivity index (χ0n) is 11.1. The molecule has 0 saturated carbocycles. The summed E-state index contributed by atoms with van der Waals surface area (Å²) in [5, 5.41) is 6.14. The topological polar surface area (TPSA) is 54.0 Å². The van der Waals surface area contributed by atoms with Crippen LogP contribution in [0.3, 0.4) is 0 Å². The molecule has 1 amide bonds. The molecule has 0 bridgehead atoms. The molecular weight excluding hydrogens is 368 g/mol. The van der Waals surface area contributed by atoms with Crippen molar-refractivity contribution in [1.82, 2.24) is 10.3 Å². The van der Waals surface area contributed by atoms with Gasteiger partial charge < -0.3 is 10.6 Å². The van der Waals surface area contributed by atoms with Gasteiger partial charge in [0.15, 0.2) is 0 Å². The number of hydrogen-bond donors (Lipinski definition) is 2. The third-order valence-corrected chi connectivity index (χ3v) is 3.59. The van der Waals surface area contributed by atoms with E-state index in [9.17, 15) is 4.79 Å². The molecule has 1 aromatic carbocycles. The van der Waals surface area contributed by atoms with E-state index in [2.05, 4.69) is 15.6 Å². The van der Waals surface area contributed by atoms with Crippen molar-refractivity contribution in [2.75, 3.05) is 5.32 Å². The highest BCUT2D eigenvalue weighted by Gasteiger charge is 2.34. The molecule has 1 heterocycles. The molecule has 4 nitrogen and oxygen atoms in total. The van der Waals surface area contributed by atoms with Gasteiger partial charge in [0.1, 0.15) is 6.17 Å². The van der Waals surface area contributed by atoms with Crippen molar-refractivity contribution in [1.29, 1.82) is 0 Å². The minimum absolute atomic E-state index is 0.361. The van der Waals surface area contributed by atoms with Gasteiger partial charge in [-0.25, -0.2) is 0 Å². The van der Waals surface area contributed by atoms with Crippen LogP contribution in [0.25, 0.3) is 0 Å². The van der Waals surface area contributed by atoms with E-state index in [1.807, 2.05) is 0 Å². The van der Waals surface area contributed by atoms with Gasteiger partial charge in [0.05, 0.1) is 5.56 Å². The first-order valence-corrected chi connectivity index (χ1v) is 7.67. The standard InChI is InChI=1S/C14H11Cl4N3O/c15-10-3-5-11(6-4-10)20-13(14(16,17)18)21-12(22)9-2-1-7-19-8-9/h1-8,13,20H,(H,21,22)/t13-/m1/s1. The summed E-state index contributed by atoms with van der Waals surface area (Å²) >= 11 is 23.6. The van der Waals surface area contributed by atoms with Crippen LogP contribution in [0.2, 0.25) is 5.02 Å². The van der Waals surface area contributed by atoms with Gasteiger partial charge in [-0.1, -0.05) is 46.4 Å². The maximum atomic E-state index is 12.2. The molecule has 8 heteroatoms. The molecule has 2 rings (SSSR count). The van der Waals surface area contributed by atoms with Gasteiger partial charge in [-0.05, 0) is 36.4 Å². The van der Waals surface area contributed by atoms with Crippen LogP contribution in [0.1, 0.15) is 10.4 Å². The first-order valence-electron chi connectivity index (χ1n) is 6.16. The molecule has 0 aliphatic carbocycles. The van der Waals surface area contributed by atoms with E-state index in [1.165, 1.54) is 6.20 Å². The summed E-state index contributed by atoms with van der Waals surface area (Å²) in [6.45, 7) is 0. The van der Waals surface area contributed by atoms with Gasteiger partial charge in [0.25, 0.3) is 5.91 Å². The summed E-state index contributed by atoms with van der Waals surface area (Å²) in [5.41, 5.74) is 1.01. The molecule has 1 aromatic heterocycles. The van der Waals surface area contributed by atoms with E-state index in [-0.39, 0.29) is 0 Å². The third kappa shape index (κ3) is 4.92. The second-order valence-corrected chi connectivity index (χ2v) is 7.15. The number of hydrogen-bond acceptors (Lipinski definition) is 3. The van der Waals surface area contributed by atoms with Crippen molar-refractivity contribution in [3.63, 3.8) is 0 Å². The van der Waals surface area contributed by atoms with E-state index >= 15 is 0 Å². The Labute approximate surface area is 147 Å². The second-order valence-electron chi connectivity index (χ2n) is 4.34. The molecule has 0 aliphatic heterocycles. The van der Waals surface area contributed by atoms with Gasteiger partial charge in [-0.15, -0.1) is 0 Å². The quantitative estimate of drug-likeness (QED) is 0.616. The van der Waals surface area contributed by atoms with Crippen molar-refractivity contribution in [2.24, 2.45) is 0 Å². The largest absolute Gasteiger partial charge is 0.362 e. The minimum Gasteiger partial charge on any atom is -0.362 e. The molecule has 22 heavy (non-hydrogen) atoms. The molecule has 0 spiro atoms. The van der Waals surface area contributed by atoms with E-state index in [4.69, 9.17) is 46.4 Å². The van der Waals surface area contributed by atoms with Gasteiger partial charge in [0.2, 0.25) is 3.79 Å². The van der Waals surface area contributed by atoms with Gasteiger partial charge >= 0.3 is 0 Å². The van der Waals surface area contributed by atoms with Crippen molar-refractivity contribution >= 4 is 58.0 Å². The Bertz CT molecular complexity index is 629.